The van der Waals surface area contributed by atoms with Gasteiger partial charge in [-0.3, -0.25) is 0 Å². The predicted molar refractivity (Wildman–Crippen MR) is 84.7 cm³/mol. The predicted octanol–water partition coefficient (Wildman–Crippen LogP) is 3.92. The van der Waals surface area contributed by atoms with Crippen LogP contribution >= 0.6 is 0 Å². The van der Waals surface area contributed by atoms with Crippen LogP contribution in [0.2, 0.25) is 0 Å². The van der Waals surface area contributed by atoms with Crippen molar-refractivity contribution in [3.63, 3.8) is 0 Å². The molecule has 4 bridgehead atoms. The Kier molecular flexibility index (Phi) is 2.94. The molecule has 1 aromatic rings. The van der Waals surface area contributed by atoms with Crippen molar-refractivity contribution in [3.05, 3.63) is 24.3 Å². The summed E-state index contributed by atoms with van der Waals surface area (Å²) in [7, 11) is 0. The summed E-state index contributed by atoms with van der Waals surface area (Å²) >= 11 is 0. The fourth-order valence-corrected chi connectivity index (χ4v) is 5.67. The van der Waals surface area contributed by atoms with Crippen LogP contribution < -0.4 is 10.6 Å². The van der Waals surface area contributed by atoms with Gasteiger partial charge in [-0.15, -0.1) is 0 Å². The lowest BCUT2D eigenvalue weighted by Gasteiger charge is -2.57. The van der Waals surface area contributed by atoms with Crippen LogP contribution in [0.4, 0.5) is 11.4 Å². The summed E-state index contributed by atoms with van der Waals surface area (Å²) in [6.45, 7) is 3.41. The molecule has 0 aromatic heterocycles. The normalized spacial score (nSPS) is 38.1. The molecule has 2 nitrogen and oxygen atoms in total. The number of nitrogens with zero attached hydrogens (tertiary/aromatic N) is 1. The first-order valence-electron chi connectivity index (χ1n) is 8.36. The van der Waals surface area contributed by atoms with E-state index in [1.54, 1.807) is 0 Å². The van der Waals surface area contributed by atoms with Crippen LogP contribution in [0.5, 0.6) is 0 Å². The molecule has 0 unspecified atom stereocenters. The van der Waals surface area contributed by atoms with Crippen LogP contribution in [-0.4, -0.2) is 12.6 Å². The highest BCUT2D eigenvalue weighted by Crippen LogP contribution is 2.55. The molecule has 0 amide bonds. The molecule has 0 atom stereocenters. The van der Waals surface area contributed by atoms with Gasteiger partial charge in [-0.1, -0.05) is 6.07 Å². The summed E-state index contributed by atoms with van der Waals surface area (Å²) in [4.78, 5) is 2.66. The average Bonchev–Trinajstić information content (AvgIpc) is 2.42. The van der Waals surface area contributed by atoms with Crippen LogP contribution in [0.25, 0.3) is 0 Å². The fourth-order valence-electron chi connectivity index (χ4n) is 5.67. The minimum atomic E-state index is 0.773. The van der Waals surface area contributed by atoms with Gasteiger partial charge < -0.3 is 10.6 Å². The molecule has 4 aliphatic rings. The SMILES string of the molecule is CCN(c1cccc(N)c1)C1C2CC3CC(C2)CC1C3. The van der Waals surface area contributed by atoms with E-state index < -0.39 is 0 Å². The number of nitrogen functional groups attached to an aromatic ring is 1. The van der Waals surface area contributed by atoms with E-state index in [2.05, 4.69) is 30.0 Å². The molecule has 1 aromatic carbocycles. The Morgan fingerprint density at radius 1 is 1.05 bits per heavy atom. The Morgan fingerprint density at radius 2 is 1.70 bits per heavy atom. The lowest BCUT2D eigenvalue weighted by molar-refractivity contribution is -0.00254. The molecule has 0 radical (unpaired) electrons. The molecule has 108 valence electrons. The van der Waals surface area contributed by atoms with Crippen molar-refractivity contribution in [2.75, 3.05) is 17.2 Å². The Balaban J connectivity index is 1.65. The maximum Gasteiger partial charge on any atom is 0.0389 e. The zero-order valence-electron chi connectivity index (χ0n) is 12.5. The summed E-state index contributed by atoms with van der Waals surface area (Å²) < 4.78 is 0. The van der Waals surface area contributed by atoms with Crippen molar-refractivity contribution < 1.29 is 0 Å². The van der Waals surface area contributed by atoms with Crippen LogP contribution in [0.3, 0.4) is 0 Å². The molecule has 4 saturated carbocycles. The van der Waals surface area contributed by atoms with E-state index in [9.17, 15) is 0 Å². The molecular formula is C18H26N2. The number of rotatable bonds is 3. The van der Waals surface area contributed by atoms with Crippen molar-refractivity contribution in [1.29, 1.82) is 0 Å². The van der Waals surface area contributed by atoms with Gasteiger partial charge in [0.1, 0.15) is 0 Å². The highest BCUT2D eigenvalue weighted by molar-refractivity contribution is 5.56. The molecule has 2 N–H and O–H groups in total. The van der Waals surface area contributed by atoms with Crippen molar-refractivity contribution >= 4 is 11.4 Å². The maximum absolute atomic E-state index is 6.00. The molecule has 20 heavy (non-hydrogen) atoms. The summed E-state index contributed by atoms with van der Waals surface area (Å²) in [5.41, 5.74) is 8.23. The van der Waals surface area contributed by atoms with Gasteiger partial charge >= 0.3 is 0 Å². The molecule has 0 saturated heterocycles. The van der Waals surface area contributed by atoms with Gasteiger partial charge in [0.05, 0.1) is 0 Å². The Bertz CT molecular complexity index is 468. The Labute approximate surface area is 122 Å². The number of benzene rings is 1. The fraction of sp³-hybridized carbons (Fsp3) is 0.667. The lowest BCUT2D eigenvalue weighted by atomic mass is 9.54. The smallest absolute Gasteiger partial charge is 0.0389 e. The highest BCUT2D eigenvalue weighted by atomic mass is 15.2. The third kappa shape index (κ3) is 1.92. The van der Waals surface area contributed by atoms with E-state index in [1.165, 1.54) is 37.8 Å². The summed E-state index contributed by atoms with van der Waals surface area (Å²) in [6.07, 6.45) is 7.46. The number of anilines is 2. The third-order valence-corrected chi connectivity index (χ3v) is 6.08. The van der Waals surface area contributed by atoms with E-state index in [-0.39, 0.29) is 0 Å². The minimum absolute atomic E-state index is 0.773. The van der Waals surface area contributed by atoms with E-state index in [4.69, 9.17) is 5.73 Å². The first-order valence-corrected chi connectivity index (χ1v) is 8.36. The quantitative estimate of drug-likeness (QED) is 0.844. The molecule has 0 spiro atoms. The number of hydrogen-bond acceptors (Lipinski definition) is 2. The maximum atomic E-state index is 6.00. The van der Waals surface area contributed by atoms with Gasteiger partial charge in [0.25, 0.3) is 0 Å². The van der Waals surface area contributed by atoms with Crippen LogP contribution in [0, 0.1) is 23.7 Å². The van der Waals surface area contributed by atoms with Gasteiger partial charge in [0.2, 0.25) is 0 Å². The minimum Gasteiger partial charge on any atom is -0.399 e. The van der Waals surface area contributed by atoms with Crippen molar-refractivity contribution in [2.45, 2.75) is 45.1 Å². The second-order valence-electron chi connectivity index (χ2n) is 7.30. The monoisotopic (exact) mass is 270 g/mol. The van der Waals surface area contributed by atoms with Crippen LogP contribution in [0.15, 0.2) is 24.3 Å². The summed E-state index contributed by atoms with van der Waals surface area (Å²) in [6, 6.07) is 9.27. The van der Waals surface area contributed by atoms with Crippen LogP contribution in [-0.2, 0) is 0 Å². The molecule has 0 heterocycles. The third-order valence-electron chi connectivity index (χ3n) is 6.08. The Morgan fingerprint density at radius 3 is 2.25 bits per heavy atom. The van der Waals surface area contributed by atoms with E-state index in [1.807, 2.05) is 6.07 Å². The number of nitrogens with two attached hydrogens (primary N) is 1. The van der Waals surface area contributed by atoms with E-state index in [0.717, 1.165) is 41.9 Å². The average molecular weight is 270 g/mol. The Hall–Kier alpha value is -1.18. The van der Waals surface area contributed by atoms with E-state index in [0.29, 0.717) is 0 Å². The molecular weight excluding hydrogens is 244 g/mol. The van der Waals surface area contributed by atoms with Gasteiger partial charge in [0.15, 0.2) is 0 Å². The highest BCUT2D eigenvalue weighted by Gasteiger charge is 2.49. The molecule has 4 aliphatic carbocycles. The zero-order valence-corrected chi connectivity index (χ0v) is 12.5. The molecule has 4 fully saturated rings. The standard InChI is InChI=1S/C18H26N2/c1-2-20(17-5-3-4-16(19)11-17)18-14-7-12-6-13(9-14)10-15(18)8-12/h3-5,11-15,18H,2,6-10,19H2,1H3. The topological polar surface area (TPSA) is 29.3 Å². The van der Waals surface area contributed by atoms with Crippen molar-refractivity contribution in [3.8, 4) is 0 Å². The van der Waals surface area contributed by atoms with Crippen LogP contribution in [0.1, 0.15) is 39.0 Å². The molecule has 2 heteroatoms. The van der Waals surface area contributed by atoms with Crippen molar-refractivity contribution in [1.82, 2.24) is 0 Å². The van der Waals surface area contributed by atoms with Crippen molar-refractivity contribution in [2.24, 2.45) is 23.7 Å². The van der Waals surface area contributed by atoms with Gasteiger partial charge in [-0.05, 0) is 80.9 Å². The summed E-state index contributed by atoms with van der Waals surface area (Å²) in [5.74, 6) is 3.97. The van der Waals surface area contributed by atoms with Gasteiger partial charge in [0, 0.05) is 24.0 Å². The first-order chi connectivity index (χ1) is 9.74. The number of hydrogen-bond donors (Lipinski definition) is 1. The first kappa shape index (κ1) is 12.6. The van der Waals surface area contributed by atoms with E-state index >= 15 is 0 Å². The van der Waals surface area contributed by atoms with Gasteiger partial charge in [-0.25, -0.2) is 0 Å². The molecule has 5 rings (SSSR count). The largest absolute Gasteiger partial charge is 0.399 e. The second kappa shape index (κ2) is 4.68. The lowest BCUT2D eigenvalue weighted by Crippen LogP contribution is -2.56. The zero-order chi connectivity index (χ0) is 13.7. The van der Waals surface area contributed by atoms with Gasteiger partial charge in [-0.2, -0.15) is 0 Å². The summed E-state index contributed by atoms with van der Waals surface area (Å²) in [5, 5.41) is 0. The second-order valence-corrected chi connectivity index (χ2v) is 7.30. The molecule has 0 aliphatic heterocycles.